The number of phenols is 4. The van der Waals surface area contributed by atoms with Crippen LogP contribution in [0, 0.1) is 0 Å². The molecular weight excluding hydrogens is 1470 g/mol. The van der Waals surface area contributed by atoms with Gasteiger partial charge in [0, 0.05) is 77.3 Å². The summed E-state index contributed by atoms with van der Waals surface area (Å²) in [4.78, 5) is 4.53. The van der Waals surface area contributed by atoms with Gasteiger partial charge in [-0.3, -0.25) is 0 Å². The van der Waals surface area contributed by atoms with Crippen molar-refractivity contribution < 1.29 is 30.0 Å². The molecule has 0 saturated heterocycles. The van der Waals surface area contributed by atoms with E-state index in [1.807, 2.05) is 35.7 Å². The molecule has 5 N–H and O–H groups in total. The molecule has 0 aliphatic rings. The number of rotatable bonds is 20. The summed E-state index contributed by atoms with van der Waals surface area (Å²) in [5.74, 6) is 1.53. The van der Waals surface area contributed by atoms with Crippen molar-refractivity contribution in [3.63, 3.8) is 0 Å². The molecule has 0 aliphatic heterocycles. The Hall–Kier alpha value is -5.00. The van der Waals surface area contributed by atoms with Crippen LogP contribution >= 0.6 is 58.1 Å². The average Bonchev–Trinajstić information content (AvgIpc) is 0.752. The van der Waals surface area contributed by atoms with Crippen molar-refractivity contribution in [2.45, 2.75) is 316 Å². The molecule has 8 rings (SSSR count). The van der Waals surface area contributed by atoms with Gasteiger partial charge < -0.3 is 30.0 Å². The van der Waals surface area contributed by atoms with Gasteiger partial charge >= 0.3 is 0 Å². The van der Waals surface area contributed by atoms with E-state index in [1.165, 1.54) is 20.7 Å². The monoisotopic (exact) mass is 1600 g/mol. The maximum atomic E-state index is 12.0. The number of aliphatic hydroxyl groups is 1. The largest absolute Gasteiger partial charge is 0.507 e. The number of aromatic hydroxyl groups is 4. The SMILES string of the molecule is CC(C)(C)[Si](Cl)(c1ccccc1)c1ccccc1.CC(C)(Sc1cc(C(C)(C)C)c(O)c(C(C)(C)C)c1)Sc1cc(C(C)(C)C)c(O)c(C(C)(C)CCO)c1.CC(C)(Sc1cc(C(C)(C)C)c(O)c(C(C)(C)C)c1)Sc1cc(C(C)(C)C)c(O)c(C(C)(C)CCO[Si](c2ccccc2)(c2ccccc2)C(C)(C)C)c1. The van der Waals surface area contributed by atoms with Crippen LogP contribution in [0.2, 0.25) is 10.1 Å². The standard InChI is InChI=1S/C48H68O3S2Si.C32H50O3S2.C16H19ClSi/c1-43(2,3)37-29-33(30-38(41(37)49)44(4,5)6)52-48(15,16)53-34-31-39(45(7,8)9)42(50)40(32-34)47(13,14)27-28-51-54(46(10,11)12,35-23-19-17-20-24-35)36-25-21-18-22-26-36;1-28(2,3)22-16-20(17-23(26(22)34)29(4,5)6)36-32(12,13)37-21-18-24(30(7,8)9)27(35)25(19-21)31(10,11)14-15-33;1-16(2,3)18(17,14-10-6-4-7-11-14)15-12-8-5-9-13-15/h17-26,29-32,49-50H,27-28H2,1-16H3;16-19,33-35H,14-15H2,1-13H3;4-13H,1-3H3. The lowest BCUT2D eigenvalue weighted by Gasteiger charge is -2.43. The Morgan fingerprint density at radius 2 is 0.505 bits per heavy atom. The number of hydrogen-bond acceptors (Lipinski definition) is 10. The van der Waals surface area contributed by atoms with Crippen molar-refractivity contribution in [3.8, 4) is 23.0 Å². The van der Waals surface area contributed by atoms with Crippen LogP contribution in [0.25, 0.3) is 0 Å². The molecule has 0 aliphatic carbocycles. The Kier molecular flexibility index (Phi) is 29.5. The zero-order valence-electron chi connectivity index (χ0n) is 72.6. The van der Waals surface area contributed by atoms with Gasteiger partial charge in [-0.25, -0.2) is 0 Å². The zero-order valence-corrected chi connectivity index (χ0v) is 78.7. The van der Waals surface area contributed by atoms with E-state index in [-0.39, 0.29) is 68.2 Å². The second-order valence-electron chi connectivity index (χ2n) is 40.3. The fraction of sp³-hybridized carbons (Fsp3) is 0.500. The Labute approximate surface area is 685 Å². The molecule has 0 radical (unpaired) electrons. The third-order valence-corrected chi connectivity index (χ3v) is 37.9. The molecule has 0 unspecified atom stereocenters. The van der Waals surface area contributed by atoms with Gasteiger partial charge in [-0.15, -0.1) is 47.0 Å². The molecule has 0 spiro atoms. The molecule has 8 aromatic rings. The second-order valence-corrected chi connectivity index (χ2v) is 57.6. The molecule has 0 atom stereocenters. The molecule has 0 bridgehead atoms. The minimum absolute atomic E-state index is 0.0667. The summed E-state index contributed by atoms with van der Waals surface area (Å²) in [5.41, 5.74) is 5.66. The van der Waals surface area contributed by atoms with Crippen LogP contribution in [0.1, 0.15) is 279 Å². The van der Waals surface area contributed by atoms with Crippen molar-refractivity contribution in [2.75, 3.05) is 13.2 Å². The van der Waals surface area contributed by atoms with Gasteiger partial charge in [-0.2, -0.15) is 11.1 Å². The molecule has 13 heteroatoms. The molecular formula is C96H137ClO6S4Si2. The topological polar surface area (TPSA) is 110 Å². The smallest absolute Gasteiger partial charge is 0.261 e. The normalized spacial score (nSPS) is 13.5. The van der Waals surface area contributed by atoms with Crippen LogP contribution in [0.5, 0.6) is 23.0 Å². The van der Waals surface area contributed by atoms with Crippen LogP contribution < -0.4 is 20.7 Å². The quantitative estimate of drug-likeness (QED) is 0.0219. The van der Waals surface area contributed by atoms with Gasteiger partial charge in [0.2, 0.25) is 7.38 Å². The van der Waals surface area contributed by atoms with Crippen LogP contribution in [-0.2, 0) is 47.7 Å². The summed E-state index contributed by atoms with van der Waals surface area (Å²) in [6, 6.07) is 60.0. The molecule has 6 nitrogen and oxygen atoms in total. The van der Waals surface area contributed by atoms with Gasteiger partial charge in [-0.1, -0.05) is 315 Å². The van der Waals surface area contributed by atoms with Gasteiger partial charge in [0.15, 0.2) is 0 Å². The molecule has 0 heterocycles. The minimum Gasteiger partial charge on any atom is -0.507 e. The van der Waals surface area contributed by atoms with Crippen molar-refractivity contribution in [2.24, 2.45) is 0 Å². The van der Waals surface area contributed by atoms with E-state index in [9.17, 15) is 25.5 Å². The first-order valence-corrected chi connectivity index (χ1v) is 47.2. The van der Waals surface area contributed by atoms with E-state index in [4.69, 9.17) is 15.5 Å². The first-order valence-electron chi connectivity index (χ1n) is 39.0. The first kappa shape index (κ1) is 92.9. The fourth-order valence-electron chi connectivity index (χ4n) is 14.4. The van der Waals surface area contributed by atoms with Crippen molar-refractivity contribution in [1.82, 2.24) is 0 Å². The lowest BCUT2D eigenvalue weighted by molar-refractivity contribution is 0.249. The lowest BCUT2D eigenvalue weighted by Crippen LogP contribution is -2.66. The number of hydrogen-bond donors (Lipinski definition) is 5. The Morgan fingerprint density at radius 3 is 0.716 bits per heavy atom. The average molecular weight is 1610 g/mol. The van der Waals surface area contributed by atoms with Crippen molar-refractivity contribution in [3.05, 3.63) is 214 Å². The summed E-state index contributed by atoms with van der Waals surface area (Å²) in [6.45, 7) is 70.7. The van der Waals surface area contributed by atoms with E-state index in [0.717, 1.165) is 70.5 Å². The third kappa shape index (κ3) is 23.2. The molecule has 0 aromatic heterocycles. The zero-order chi connectivity index (χ0) is 82.7. The number of benzene rings is 8. The first-order chi connectivity index (χ1) is 49.6. The van der Waals surface area contributed by atoms with Gasteiger partial charge in [0.1, 0.15) is 23.0 Å². The molecule has 8 aromatic carbocycles. The molecule has 0 fully saturated rings. The summed E-state index contributed by atoms with van der Waals surface area (Å²) >= 11 is 14.5. The highest BCUT2D eigenvalue weighted by Gasteiger charge is 2.51. The summed E-state index contributed by atoms with van der Waals surface area (Å²) in [5, 5.41) is 60.6. The third-order valence-electron chi connectivity index (χ3n) is 20.7. The Bertz CT molecular complexity index is 4170. The highest BCUT2D eigenvalue weighted by molar-refractivity contribution is 8.18. The Balaban J connectivity index is 0.000000289. The van der Waals surface area contributed by atoms with E-state index in [0.29, 0.717) is 36.0 Å². The van der Waals surface area contributed by atoms with Gasteiger partial charge in [0.05, 0.1) is 8.16 Å². The summed E-state index contributed by atoms with van der Waals surface area (Å²) in [6.07, 6.45) is 1.33. The summed E-state index contributed by atoms with van der Waals surface area (Å²) < 4.78 is 6.88. The number of phenolic OH excluding ortho intramolecular Hbond substituents is 4. The number of halogens is 1. The highest BCUT2D eigenvalue weighted by atomic mass is 35.6. The maximum Gasteiger partial charge on any atom is 0.261 e. The molecule has 596 valence electrons. The minimum atomic E-state index is -2.71. The second kappa shape index (κ2) is 34.6. The highest BCUT2D eigenvalue weighted by Crippen LogP contribution is 2.54. The van der Waals surface area contributed by atoms with Crippen LogP contribution in [0.4, 0.5) is 0 Å². The van der Waals surface area contributed by atoms with E-state index >= 15 is 0 Å². The number of thioether (sulfide) groups is 4. The van der Waals surface area contributed by atoms with Crippen LogP contribution in [0.3, 0.4) is 0 Å². The maximum absolute atomic E-state index is 12.0. The summed E-state index contributed by atoms with van der Waals surface area (Å²) in [7, 11) is -4.94. The molecule has 0 amide bonds. The Morgan fingerprint density at radius 1 is 0.294 bits per heavy atom. The van der Waals surface area contributed by atoms with E-state index in [2.05, 4.69) is 379 Å². The van der Waals surface area contributed by atoms with E-state index < -0.39 is 15.7 Å². The van der Waals surface area contributed by atoms with Crippen LogP contribution in [0.15, 0.2) is 189 Å². The van der Waals surface area contributed by atoms with E-state index in [1.54, 1.807) is 23.5 Å². The van der Waals surface area contributed by atoms with Gasteiger partial charge in [-0.05, 0) is 163 Å². The molecule has 109 heavy (non-hydrogen) atoms. The number of aliphatic hydroxyl groups excluding tert-OH is 1. The van der Waals surface area contributed by atoms with Crippen molar-refractivity contribution in [1.29, 1.82) is 0 Å². The molecule has 0 saturated carbocycles. The predicted octanol–water partition coefficient (Wildman–Crippen LogP) is 25.9. The van der Waals surface area contributed by atoms with Gasteiger partial charge in [0.25, 0.3) is 8.32 Å². The van der Waals surface area contributed by atoms with Crippen molar-refractivity contribution >= 4 is 94.6 Å². The lowest BCUT2D eigenvalue weighted by atomic mass is 9.77. The van der Waals surface area contributed by atoms with Crippen LogP contribution in [-0.4, -0.2) is 62.6 Å². The fourth-order valence-corrected chi connectivity index (χ4v) is 28.3. The predicted molar refractivity (Wildman–Crippen MR) is 486 cm³/mol.